The Morgan fingerprint density at radius 3 is 2.59 bits per heavy atom. The topological polar surface area (TPSA) is 186 Å². The minimum Gasteiger partial charge on any atom is -0.496 e. The van der Waals surface area contributed by atoms with Crippen LogP contribution in [0.2, 0.25) is 0 Å². The number of benzene rings is 2. The molecule has 5 aliphatic rings. The quantitative estimate of drug-likeness (QED) is 0.186. The number of carbonyl (C=O) groups is 5. The van der Waals surface area contributed by atoms with Crippen LogP contribution in [-0.2, 0) is 9.59 Å². The summed E-state index contributed by atoms with van der Waals surface area (Å²) in [5.74, 6) is -1.57. The molecule has 2 N–H and O–H groups in total. The zero-order chi connectivity index (χ0) is 40.6. The van der Waals surface area contributed by atoms with E-state index in [1.54, 1.807) is 35.1 Å². The smallest absolute Gasteiger partial charge is 0.266 e. The number of halogens is 1. The molecule has 1 saturated carbocycles. The third kappa shape index (κ3) is 6.70. The fourth-order valence-corrected chi connectivity index (χ4v) is 8.70. The molecular weight excluding hydrogens is 764 g/mol. The van der Waals surface area contributed by atoms with Crippen molar-refractivity contribution in [1.29, 1.82) is 0 Å². The molecule has 18 heteroatoms. The van der Waals surface area contributed by atoms with E-state index in [-0.39, 0.29) is 61.3 Å². The number of piperidine rings is 2. The van der Waals surface area contributed by atoms with Crippen LogP contribution in [-0.4, -0.2) is 122 Å². The number of alkyl halides is 1. The third-order valence-electron chi connectivity index (χ3n) is 12.0. The molecule has 0 bridgehead atoms. The molecule has 1 aliphatic carbocycles. The summed E-state index contributed by atoms with van der Waals surface area (Å²) in [7, 11) is 1.39. The summed E-state index contributed by atoms with van der Waals surface area (Å²) in [6.07, 6.45) is 10.7. The molecule has 3 saturated heterocycles. The van der Waals surface area contributed by atoms with Gasteiger partial charge in [-0.1, -0.05) is 0 Å². The van der Waals surface area contributed by atoms with E-state index >= 15 is 4.39 Å². The first-order valence-electron chi connectivity index (χ1n) is 19.9. The zero-order valence-corrected chi connectivity index (χ0v) is 32.2. The minimum atomic E-state index is -1.49. The molecule has 7 heterocycles. The molecule has 2 aromatic carbocycles. The molecule has 5 aromatic rings. The Labute approximate surface area is 336 Å². The second kappa shape index (κ2) is 14.1. The molecule has 1 atom stereocenters. The molecule has 10 rings (SSSR count). The molecule has 1 unspecified atom stereocenters. The lowest BCUT2D eigenvalue weighted by Gasteiger charge is -2.48. The number of hydrogen-bond donors (Lipinski definition) is 2. The Bertz CT molecular complexity index is 2570. The van der Waals surface area contributed by atoms with E-state index < -0.39 is 35.3 Å². The average molecular weight is 805 g/mol. The molecule has 0 spiro atoms. The molecule has 4 aliphatic heterocycles. The fourth-order valence-electron chi connectivity index (χ4n) is 8.70. The summed E-state index contributed by atoms with van der Waals surface area (Å²) in [5, 5.41) is 15.2. The van der Waals surface area contributed by atoms with Gasteiger partial charge < -0.3 is 19.7 Å². The number of methoxy groups -OCH3 is 1. The molecule has 17 nitrogen and oxygen atoms in total. The highest BCUT2D eigenvalue weighted by Gasteiger charge is 2.49. The van der Waals surface area contributed by atoms with Gasteiger partial charge in [0.15, 0.2) is 11.3 Å². The minimum absolute atomic E-state index is 0.0154. The monoisotopic (exact) mass is 804 g/mol. The fraction of sp³-hybridized carbons (Fsp3) is 0.415. The summed E-state index contributed by atoms with van der Waals surface area (Å²) >= 11 is 0. The first-order chi connectivity index (χ1) is 28.5. The van der Waals surface area contributed by atoms with Crippen LogP contribution in [0.25, 0.3) is 16.6 Å². The van der Waals surface area contributed by atoms with Crippen LogP contribution in [0, 0.1) is 5.92 Å². The number of rotatable bonds is 11. The predicted octanol–water partition coefficient (Wildman–Crippen LogP) is 3.40. The summed E-state index contributed by atoms with van der Waals surface area (Å²) in [6, 6.07) is 7.69. The SMILES string of the molecule is COc1cc(N2CC(F)(CN3CCC(n4cc5cc(NC(=O)c6cnn7cccnc67)c(OCC6CC6)cc5n4)CC3)C2)cc2c1C(=O)N(C1CCC(=O)NC1=O)C2=O. The second-order valence-corrected chi connectivity index (χ2v) is 16.2. The van der Waals surface area contributed by atoms with Crippen molar-refractivity contribution in [3.63, 3.8) is 0 Å². The molecule has 304 valence electrons. The molecule has 0 radical (unpaired) electrons. The largest absolute Gasteiger partial charge is 0.496 e. The highest BCUT2D eigenvalue weighted by atomic mass is 19.1. The summed E-state index contributed by atoms with van der Waals surface area (Å²) < 4.78 is 31.5. The standard InChI is InChI=1S/C41H41FN10O7/c1-58-33-15-26(14-27-35(33)40(57)52(39(27)56)31-5-6-34(53)46-38(31)55)49-21-41(42,22-49)20-48-11-7-25(8-12-48)51-18-24-13-30(32(16-29(24)47-51)59-19-23-3-4-23)45-37(54)28-17-44-50-10-2-9-43-36(28)50/h2,9-10,13-18,23,25,31H,3-8,11-12,19-22H2,1H3,(H,45,54)(H,46,53,55). The first-order valence-corrected chi connectivity index (χ1v) is 19.9. The second-order valence-electron chi connectivity index (χ2n) is 16.2. The van der Waals surface area contributed by atoms with Gasteiger partial charge in [-0.05, 0) is 56.2 Å². The van der Waals surface area contributed by atoms with E-state index in [0.717, 1.165) is 41.5 Å². The van der Waals surface area contributed by atoms with E-state index in [9.17, 15) is 24.0 Å². The Morgan fingerprint density at radius 1 is 1.02 bits per heavy atom. The van der Waals surface area contributed by atoms with E-state index in [2.05, 4.69) is 25.6 Å². The van der Waals surface area contributed by atoms with Crippen LogP contribution in [0.3, 0.4) is 0 Å². The number of anilines is 2. The van der Waals surface area contributed by atoms with Gasteiger partial charge in [-0.3, -0.25) is 43.8 Å². The van der Waals surface area contributed by atoms with Gasteiger partial charge in [-0.15, -0.1) is 0 Å². The van der Waals surface area contributed by atoms with E-state index in [1.807, 2.05) is 27.9 Å². The highest BCUT2D eigenvalue weighted by molar-refractivity contribution is 6.25. The number of aromatic nitrogens is 5. The number of amides is 5. The number of nitrogens with zero attached hydrogens (tertiary/aromatic N) is 8. The lowest BCUT2D eigenvalue weighted by Crippen LogP contribution is -2.64. The maximum Gasteiger partial charge on any atom is 0.266 e. The van der Waals surface area contributed by atoms with Crippen molar-refractivity contribution in [2.75, 3.05) is 56.7 Å². The molecule has 5 amide bonds. The summed E-state index contributed by atoms with van der Waals surface area (Å²) in [4.78, 5) is 73.7. The van der Waals surface area contributed by atoms with Crippen LogP contribution in [0.5, 0.6) is 11.5 Å². The van der Waals surface area contributed by atoms with Crippen molar-refractivity contribution < 1.29 is 37.8 Å². The van der Waals surface area contributed by atoms with Crippen LogP contribution in [0.15, 0.2) is 55.1 Å². The van der Waals surface area contributed by atoms with E-state index in [0.29, 0.717) is 53.9 Å². The van der Waals surface area contributed by atoms with Crippen LogP contribution in [0.4, 0.5) is 15.8 Å². The van der Waals surface area contributed by atoms with Crippen molar-refractivity contribution in [2.45, 2.75) is 56.3 Å². The van der Waals surface area contributed by atoms with Crippen LogP contribution in [0.1, 0.15) is 75.6 Å². The number of carbonyl (C=O) groups excluding carboxylic acids is 5. The number of hydrogen-bond acceptors (Lipinski definition) is 12. The van der Waals surface area contributed by atoms with Crippen molar-refractivity contribution in [3.05, 3.63) is 71.8 Å². The summed E-state index contributed by atoms with van der Waals surface area (Å²) in [5.41, 5.74) is 1.30. The highest BCUT2D eigenvalue weighted by Crippen LogP contribution is 2.41. The lowest BCUT2D eigenvalue weighted by atomic mass is 9.92. The van der Waals surface area contributed by atoms with Gasteiger partial charge in [-0.25, -0.2) is 13.9 Å². The number of imide groups is 2. The molecule has 4 fully saturated rings. The predicted molar refractivity (Wildman–Crippen MR) is 209 cm³/mol. The van der Waals surface area contributed by atoms with Gasteiger partial charge in [0.1, 0.15) is 23.1 Å². The zero-order valence-electron chi connectivity index (χ0n) is 32.2. The first kappa shape index (κ1) is 36.9. The van der Waals surface area contributed by atoms with Crippen LogP contribution >= 0.6 is 0 Å². The van der Waals surface area contributed by atoms with Crippen molar-refractivity contribution in [1.82, 2.24) is 39.5 Å². The van der Waals surface area contributed by atoms with Gasteiger partial charge in [0.25, 0.3) is 17.7 Å². The Kier molecular flexibility index (Phi) is 8.84. The summed E-state index contributed by atoms with van der Waals surface area (Å²) in [6.45, 7) is 2.35. The maximum absolute atomic E-state index is 16.2. The third-order valence-corrected chi connectivity index (χ3v) is 12.0. The molecule has 59 heavy (non-hydrogen) atoms. The van der Waals surface area contributed by atoms with Crippen molar-refractivity contribution in [3.8, 4) is 11.5 Å². The molecular formula is C41H41FN10O7. The number of fused-ring (bicyclic) bond motifs is 3. The van der Waals surface area contributed by atoms with Crippen molar-refractivity contribution >= 4 is 57.5 Å². The average Bonchev–Trinajstić information content (AvgIpc) is 3.71. The lowest BCUT2D eigenvalue weighted by molar-refractivity contribution is -0.136. The Morgan fingerprint density at radius 2 is 1.83 bits per heavy atom. The van der Waals surface area contributed by atoms with Gasteiger partial charge in [0, 0.05) is 67.9 Å². The Balaban J connectivity index is 0.784. The van der Waals surface area contributed by atoms with Gasteiger partial charge >= 0.3 is 0 Å². The molecule has 3 aromatic heterocycles. The van der Waals surface area contributed by atoms with Gasteiger partial charge in [0.05, 0.1) is 61.4 Å². The van der Waals surface area contributed by atoms with Gasteiger partial charge in [0.2, 0.25) is 11.8 Å². The van der Waals surface area contributed by atoms with Gasteiger partial charge in [-0.2, -0.15) is 10.2 Å². The van der Waals surface area contributed by atoms with E-state index in [4.69, 9.17) is 14.6 Å². The number of nitrogens with one attached hydrogen (secondary N) is 2. The normalized spacial score (nSPS) is 20.9. The number of likely N-dealkylation sites (tertiary alicyclic amines) is 1. The van der Waals surface area contributed by atoms with Crippen LogP contribution < -0.4 is 25.0 Å². The van der Waals surface area contributed by atoms with Crippen molar-refractivity contribution in [2.24, 2.45) is 5.92 Å². The maximum atomic E-state index is 16.2. The Hall–Kier alpha value is -6.43. The van der Waals surface area contributed by atoms with E-state index in [1.165, 1.54) is 13.3 Å². The number of ether oxygens (including phenoxy) is 2.